The molecule has 0 N–H and O–H groups in total. The summed E-state index contributed by atoms with van der Waals surface area (Å²) in [6.07, 6.45) is 0.380. The molecule has 1 atom stereocenters. The lowest BCUT2D eigenvalue weighted by Gasteiger charge is -2.33. The third-order valence-electron chi connectivity index (χ3n) is 5.02. The number of nitrogens with zero attached hydrogens (tertiary/aromatic N) is 1. The van der Waals surface area contributed by atoms with Gasteiger partial charge in [0, 0.05) is 19.6 Å². The third kappa shape index (κ3) is 7.56. The molecule has 1 fully saturated rings. The van der Waals surface area contributed by atoms with Crippen molar-refractivity contribution < 1.29 is 23.7 Å². The highest BCUT2D eigenvalue weighted by Crippen LogP contribution is 2.25. The molecule has 168 valence electrons. The van der Waals surface area contributed by atoms with Crippen LogP contribution < -0.4 is 9.47 Å². The Bertz CT molecular complexity index is 826. The van der Waals surface area contributed by atoms with Crippen LogP contribution in [0.4, 0.5) is 0 Å². The summed E-state index contributed by atoms with van der Waals surface area (Å²) >= 11 is 0. The minimum absolute atomic E-state index is 0.0111. The lowest BCUT2D eigenvalue weighted by Crippen LogP contribution is -2.39. The van der Waals surface area contributed by atoms with E-state index in [2.05, 4.69) is 4.90 Å². The maximum Gasteiger partial charge on any atom is 0.307 e. The molecule has 0 aliphatic carbocycles. The zero-order valence-electron chi connectivity index (χ0n) is 18.9. The van der Waals surface area contributed by atoms with E-state index < -0.39 is 5.60 Å². The fraction of sp³-hybridized carbons (Fsp3) is 0.480. The molecule has 1 saturated heterocycles. The lowest BCUT2D eigenvalue weighted by molar-refractivity contribution is -0.155. The number of methoxy groups -OCH3 is 1. The van der Waals surface area contributed by atoms with Gasteiger partial charge in [0.05, 0.1) is 26.2 Å². The Labute approximate surface area is 185 Å². The maximum atomic E-state index is 12.0. The summed E-state index contributed by atoms with van der Waals surface area (Å²) in [6, 6.07) is 15.9. The molecule has 3 rings (SSSR count). The van der Waals surface area contributed by atoms with Crippen LogP contribution >= 0.6 is 0 Å². The molecule has 0 spiro atoms. The first-order chi connectivity index (χ1) is 14.8. The second-order valence-electron chi connectivity index (χ2n) is 8.70. The normalized spacial score (nSPS) is 17.2. The van der Waals surface area contributed by atoms with Crippen LogP contribution in [0.1, 0.15) is 44.4 Å². The standard InChI is InChI=1S/C25H33NO5/c1-25(2,3)31-24(27)13-14-26-15-16-29-23(17-26)20-7-11-22(12-8-20)30-18-19-5-9-21(28-4)10-6-19/h5-12,23H,13-18H2,1-4H3. The molecule has 1 aliphatic heterocycles. The lowest BCUT2D eigenvalue weighted by atomic mass is 10.1. The van der Waals surface area contributed by atoms with Crippen molar-refractivity contribution in [2.45, 2.75) is 45.5 Å². The fourth-order valence-corrected chi connectivity index (χ4v) is 3.42. The molecular formula is C25H33NO5. The average Bonchev–Trinajstić information content (AvgIpc) is 2.76. The molecule has 0 radical (unpaired) electrons. The van der Waals surface area contributed by atoms with Crippen molar-refractivity contribution in [2.75, 3.05) is 33.4 Å². The maximum absolute atomic E-state index is 12.0. The number of esters is 1. The van der Waals surface area contributed by atoms with Crippen molar-refractivity contribution in [1.29, 1.82) is 0 Å². The average molecular weight is 428 g/mol. The second-order valence-corrected chi connectivity index (χ2v) is 8.70. The number of carbonyl (C=O) groups is 1. The first-order valence-electron chi connectivity index (χ1n) is 10.7. The predicted molar refractivity (Wildman–Crippen MR) is 119 cm³/mol. The summed E-state index contributed by atoms with van der Waals surface area (Å²) in [5.41, 5.74) is 1.75. The number of carbonyl (C=O) groups excluding carboxylic acids is 1. The summed E-state index contributed by atoms with van der Waals surface area (Å²) in [7, 11) is 1.66. The molecule has 1 aliphatic rings. The van der Waals surface area contributed by atoms with E-state index in [9.17, 15) is 4.79 Å². The second kappa shape index (κ2) is 10.6. The van der Waals surface area contributed by atoms with Crippen LogP contribution in [-0.4, -0.2) is 49.8 Å². The van der Waals surface area contributed by atoms with Crippen molar-refractivity contribution in [1.82, 2.24) is 4.90 Å². The van der Waals surface area contributed by atoms with Crippen LogP contribution in [0.3, 0.4) is 0 Å². The van der Waals surface area contributed by atoms with E-state index >= 15 is 0 Å². The Kier molecular flexibility index (Phi) is 7.93. The van der Waals surface area contributed by atoms with E-state index in [0.717, 1.165) is 35.7 Å². The van der Waals surface area contributed by atoms with E-state index in [-0.39, 0.29) is 12.1 Å². The van der Waals surface area contributed by atoms with E-state index in [4.69, 9.17) is 18.9 Å². The van der Waals surface area contributed by atoms with Crippen molar-refractivity contribution >= 4 is 5.97 Å². The van der Waals surface area contributed by atoms with Crippen LogP contribution in [0.2, 0.25) is 0 Å². The number of ether oxygens (including phenoxy) is 4. The molecular weight excluding hydrogens is 394 g/mol. The molecule has 0 bridgehead atoms. The first-order valence-corrected chi connectivity index (χ1v) is 10.7. The summed E-state index contributed by atoms with van der Waals surface area (Å²) in [5, 5.41) is 0. The van der Waals surface area contributed by atoms with E-state index in [1.807, 2.05) is 69.3 Å². The summed E-state index contributed by atoms with van der Waals surface area (Å²) in [5.74, 6) is 1.49. The Hall–Kier alpha value is -2.57. The van der Waals surface area contributed by atoms with Gasteiger partial charge >= 0.3 is 5.97 Å². The molecule has 6 nitrogen and oxygen atoms in total. The number of morpholine rings is 1. The van der Waals surface area contributed by atoms with Crippen molar-refractivity contribution in [3.05, 3.63) is 59.7 Å². The van der Waals surface area contributed by atoms with Crippen molar-refractivity contribution in [3.8, 4) is 11.5 Å². The van der Waals surface area contributed by atoms with Crippen LogP contribution in [0.5, 0.6) is 11.5 Å². The smallest absolute Gasteiger partial charge is 0.307 e. The largest absolute Gasteiger partial charge is 0.497 e. The molecule has 31 heavy (non-hydrogen) atoms. The van der Waals surface area contributed by atoms with Gasteiger partial charge in [0.15, 0.2) is 0 Å². The van der Waals surface area contributed by atoms with Gasteiger partial charge in [0.25, 0.3) is 0 Å². The molecule has 2 aromatic carbocycles. The Morgan fingerprint density at radius 3 is 2.39 bits per heavy atom. The SMILES string of the molecule is COc1ccc(COc2ccc(C3CN(CCC(=O)OC(C)(C)C)CCO3)cc2)cc1. The molecule has 1 heterocycles. The zero-order chi connectivity index (χ0) is 22.3. The van der Waals surface area contributed by atoms with Gasteiger partial charge in [-0.3, -0.25) is 9.69 Å². The van der Waals surface area contributed by atoms with Crippen LogP contribution in [-0.2, 0) is 20.9 Å². The topological polar surface area (TPSA) is 57.2 Å². The minimum Gasteiger partial charge on any atom is -0.497 e. The van der Waals surface area contributed by atoms with E-state index in [1.54, 1.807) is 7.11 Å². The highest BCUT2D eigenvalue weighted by atomic mass is 16.6. The van der Waals surface area contributed by atoms with Gasteiger partial charge in [0.1, 0.15) is 23.7 Å². The highest BCUT2D eigenvalue weighted by molar-refractivity contribution is 5.70. The Morgan fingerprint density at radius 1 is 1.06 bits per heavy atom. The highest BCUT2D eigenvalue weighted by Gasteiger charge is 2.23. The van der Waals surface area contributed by atoms with E-state index in [0.29, 0.717) is 26.2 Å². The van der Waals surface area contributed by atoms with Gasteiger partial charge in [0.2, 0.25) is 0 Å². The minimum atomic E-state index is -0.443. The molecule has 1 unspecified atom stereocenters. The summed E-state index contributed by atoms with van der Waals surface area (Å²) in [4.78, 5) is 14.2. The molecule has 2 aromatic rings. The number of hydrogen-bond acceptors (Lipinski definition) is 6. The molecule has 0 saturated carbocycles. The van der Waals surface area contributed by atoms with Crippen LogP contribution in [0.15, 0.2) is 48.5 Å². The van der Waals surface area contributed by atoms with E-state index in [1.165, 1.54) is 0 Å². The van der Waals surface area contributed by atoms with Crippen molar-refractivity contribution in [3.63, 3.8) is 0 Å². The Morgan fingerprint density at radius 2 is 1.74 bits per heavy atom. The predicted octanol–water partition coefficient (Wildman–Crippen LogP) is 4.38. The van der Waals surface area contributed by atoms with Crippen LogP contribution in [0, 0.1) is 0 Å². The summed E-state index contributed by atoms with van der Waals surface area (Å²) < 4.78 is 22.4. The monoisotopic (exact) mass is 427 g/mol. The first kappa shape index (κ1) is 23.1. The molecule has 0 amide bonds. The van der Waals surface area contributed by atoms with Gasteiger partial charge in [-0.25, -0.2) is 0 Å². The van der Waals surface area contributed by atoms with Crippen LogP contribution in [0.25, 0.3) is 0 Å². The summed E-state index contributed by atoms with van der Waals surface area (Å²) in [6.45, 7) is 9.07. The number of benzene rings is 2. The van der Waals surface area contributed by atoms with Gasteiger partial charge < -0.3 is 18.9 Å². The number of hydrogen-bond donors (Lipinski definition) is 0. The van der Waals surface area contributed by atoms with Gasteiger partial charge in [-0.15, -0.1) is 0 Å². The quantitative estimate of drug-likeness (QED) is 0.583. The van der Waals surface area contributed by atoms with Crippen molar-refractivity contribution in [2.24, 2.45) is 0 Å². The fourth-order valence-electron chi connectivity index (χ4n) is 3.42. The van der Waals surface area contributed by atoms with Gasteiger partial charge in [-0.1, -0.05) is 24.3 Å². The number of rotatable bonds is 8. The zero-order valence-corrected chi connectivity index (χ0v) is 18.9. The molecule has 6 heteroatoms. The van der Waals surface area contributed by atoms with Gasteiger partial charge in [-0.2, -0.15) is 0 Å². The molecule has 0 aromatic heterocycles. The third-order valence-corrected chi connectivity index (χ3v) is 5.02. The Balaban J connectivity index is 1.47. The van der Waals surface area contributed by atoms with Gasteiger partial charge in [-0.05, 0) is 56.2 Å².